The SMILES string of the molecule is OC(CSc1ccccc1)(c1ccc(Br)cc1)c1cccnc1. The van der Waals surface area contributed by atoms with E-state index < -0.39 is 5.60 Å². The van der Waals surface area contributed by atoms with Crippen molar-refractivity contribution in [3.63, 3.8) is 0 Å². The molecule has 2 nitrogen and oxygen atoms in total. The highest BCUT2D eigenvalue weighted by Gasteiger charge is 2.32. The predicted molar refractivity (Wildman–Crippen MR) is 98.5 cm³/mol. The maximum Gasteiger partial charge on any atom is 0.125 e. The smallest absolute Gasteiger partial charge is 0.125 e. The molecule has 1 unspecified atom stereocenters. The van der Waals surface area contributed by atoms with Gasteiger partial charge in [-0.1, -0.05) is 52.3 Å². The highest BCUT2D eigenvalue weighted by atomic mass is 79.9. The molecule has 0 spiro atoms. The second-order valence-corrected chi connectivity index (χ2v) is 7.18. The van der Waals surface area contributed by atoms with E-state index in [1.54, 1.807) is 24.2 Å². The molecule has 1 atom stereocenters. The van der Waals surface area contributed by atoms with Crippen molar-refractivity contribution in [1.82, 2.24) is 4.98 Å². The number of hydrogen-bond donors (Lipinski definition) is 1. The lowest BCUT2D eigenvalue weighted by atomic mass is 9.89. The van der Waals surface area contributed by atoms with Crippen LogP contribution in [0, 0.1) is 0 Å². The van der Waals surface area contributed by atoms with Gasteiger partial charge < -0.3 is 5.11 Å². The standard InChI is InChI=1S/C19H16BrNOS/c20-17-10-8-15(9-11-17)19(22,16-5-4-12-21-13-16)14-23-18-6-2-1-3-7-18/h1-13,22H,14H2. The van der Waals surface area contributed by atoms with Crippen LogP contribution in [0.5, 0.6) is 0 Å². The van der Waals surface area contributed by atoms with Gasteiger partial charge in [0.05, 0.1) is 0 Å². The molecule has 0 bridgehead atoms. The highest BCUT2D eigenvalue weighted by molar-refractivity contribution is 9.10. The molecule has 1 N–H and O–H groups in total. The van der Waals surface area contributed by atoms with E-state index in [2.05, 4.69) is 33.0 Å². The fourth-order valence-electron chi connectivity index (χ4n) is 2.37. The summed E-state index contributed by atoms with van der Waals surface area (Å²) in [6.07, 6.45) is 3.45. The van der Waals surface area contributed by atoms with Crippen LogP contribution in [-0.4, -0.2) is 15.8 Å². The zero-order valence-electron chi connectivity index (χ0n) is 12.4. The molecule has 0 fully saturated rings. The number of halogens is 1. The topological polar surface area (TPSA) is 33.1 Å². The zero-order valence-corrected chi connectivity index (χ0v) is 14.8. The normalized spacial score (nSPS) is 13.5. The number of aromatic nitrogens is 1. The van der Waals surface area contributed by atoms with Crippen molar-refractivity contribution < 1.29 is 5.11 Å². The van der Waals surface area contributed by atoms with Crippen molar-refractivity contribution in [1.29, 1.82) is 0 Å². The van der Waals surface area contributed by atoms with Crippen LogP contribution in [0.2, 0.25) is 0 Å². The fourth-order valence-corrected chi connectivity index (χ4v) is 3.69. The lowest BCUT2D eigenvalue weighted by molar-refractivity contribution is 0.107. The molecular weight excluding hydrogens is 370 g/mol. The summed E-state index contributed by atoms with van der Waals surface area (Å²) in [5, 5.41) is 11.4. The van der Waals surface area contributed by atoms with Crippen molar-refractivity contribution >= 4 is 27.7 Å². The Balaban J connectivity index is 1.95. The van der Waals surface area contributed by atoms with Crippen LogP contribution < -0.4 is 0 Å². The molecule has 0 amide bonds. The Morgan fingerprint density at radius 3 is 2.30 bits per heavy atom. The molecular formula is C19H16BrNOS. The number of hydrogen-bond acceptors (Lipinski definition) is 3. The van der Waals surface area contributed by atoms with Crippen LogP contribution in [0.4, 0.5) is 0 Å². The first kappa shape index (κ1) is 16.2. The molecule has 0 saturated heterocycles. The molecule has 0 radical (unpaired) electrons. The molecule has 0 saturated carbocycles. The van der Waals surface area contributed by atoms with E-state index in [9.17, 15) is 5.11 Å². The number of benzene rings is 2. The Hall–Kier alpha value is -1.62. The zero-order chi connectivity index (χ0) is 16.1. The lowest BCUT2D eigenvalue weighted by Crippen LogP contribution is -2.30. The Morgan fingerprint density at radius 2 is 1.65 bits per heavy atom. The molecule has 3 rings (SSSR count). The lowest BCUT2D eigenvalue weighted by Gasteiger charge is -2.29. The van der Waals surface area contributed by atoms with Gasteiger partial charge in [-0.15, -0.1) is 11.8 Å². The summed E-state index contributed by atoms with van der Waals surface area (Å²) in [5.74, 6) is 0.518. The summed E-state index contributed by atoms with van der Waals surface area (Å²) in [5.41, 5.74) is 0.568. The first-order valence-electron chi connectivity index (χ1n) is 7.25. The minimum Gasteiger partial charge on any atom is -0.379 e. The van der Waals surface area contributed by atoms with E-state index in [1.165, 1.54) is 0 Å². The van der Waals surface area contributed by atoms with Gasteiger partial charge >= 0.3 is 0 Å². The van der Waals surface area contributed by atoms with Gasteiger partial charge in [-0.05, 0) is 35.9 Å². The van der Waals surface area contributed by atoms with Crippen LogP contribution in [0.1, 0.15) is 11.1 Å². The first-order valence-corrected chi connectivity index (χ1v) is 9.03. The second kappa shape index (κ2) is 7.30. The minimum absolute atomic E-state index is 0.518. The van der Waals surface area contributed by atoms with Crippen molar-refractivity contribution in [2.45, 2.75) is 10.5 Å². The van der Waals surface area contributed by atoms with E-state index in [0.717, 1.165) is 20.5 Å². The third kappa shape index (κ3) is 3.83. The molecule has 0 aliphatic rings. The summed E-state index contributed by atoms with van der Waals surface area (Å²) >= 11 is 5.08. The summed E-state index contributed by atoms with van der Waals surface area (Å²) in [7, 11) is 0. The van der Waals surface area contributed by atoms with Crippen LogP contribution in [-0.2, 0) is 5.60 Å². The maximum atomic E-state index is 11.4. The van der Waals surface area contributed by atoms with Crippen molar-refractivity contribution in [3.05, 3.63) is 94.7 Å². The molecule has 116 valence electrons. The summed E-state index contributed by atoms with van der Waals surface area (Å²) in [6.45, 7) is 0. The number of nitrogens with zero attached hydrogens (tertiary/aromatic N) is 1. The number of thioether (sulfide) groups is 1. The van der Waals surface area contributed by atoms with Gasteiger partial charge in [0.1, 0.15) is 5.60 Å². The van der Waals surface area contributed by atoms with E-state index in [1.807, 2.05) is 54.6 Å². The number of aliphatic hydroxyl groups is 1. The third-order valence-corrected chi connectivity index (χ3v) is 5.35. The van der Waals surface area contributed by atoms with Gasteiger partial charge in [0.15, 0.2) is 0 Å². The summed E-state index contributed by atoms with van der Waals surface area (Å²) in [6, 6.07) is 21.7. The van der Waals surface area contributed by atoms with Crippen LogP contribution >= 0.6 is 27.7 Å². The molecule has 1 heterocycles. The summed E-state index contributed by atoms with van der Waals surface area (Å²) < 4.78 is 0.991. The minimum atomic E-state index is -1.09. The number of pyridine rings is 1. The van der Waals surface area contributed by atoms with Gasteiger partial charge in [0.25, 0.3) is 0 Å². The average molecular weight is 386 g/mol. The molecule has 2 aromatic carbocycles. The first-order chi connectivity index (χ1) is 11.2. The van der Waals surface area contributed by atoms with Crippen LogP contribution in [0.3, 0.4) is 0 Å². The third-order valence-electron chi connectivity index (χ3n) is 3.65. The maximum absolute atomic E-state index is 11.4. The quantitative estimate of drug-likeness (QED) is 0.635. The average Bonchev–Trinajstić information content (AvgIpc) is 2.62. The predicted octanol–water partition coefficient (Wildman–Crippen LogP) is 4.87. The van der Waals surface area contributed by atoms with Gasteiger partial charge in [0, 0.05) is 33.1 Å². The van der Waals surface area contributed by atoms with Gasteiger partial charge in [0.2, 0.25) is 0 Å². The van der Waals surface area contributed by atoms with Crippen LogP contribution in [0.15, 0.2) is 88.5 Å². The van der Waals surface area contributed by atoms with E-state index in [0.29, 0.717) is 5.75 Å². The van der Waals surface area contributed by atoms with Gasteiger partial charge in [-0.2, -0.15) is 0 Å². The molecule has 4 heteroatoms. The Kier molecular flexibility index (Phi) is 5.16. The molecule has 3 aromatic rings. The Bertz CT molecular complexity index is 749. The van der Waals surface area contributed by atoms with Gasteiger partial charge in [-0.3, -0.25) is 4.98 Å². The monoisotopic (exact) mass is 385 g/mol. The largest absolute Gasteiger partial charge is 0.379 e. The Labute approximate surface area is 148 Å². The summed E-state index contributed by atoms with van der Waals surface area (Å²) in [4.78, 5) is 5.30. The highest BCUT2D eigenvalue weighted by Crippen LogP contribution is 2.35. The molecule has 23 heavy (non-hydrogen) atoms. The van der Waals surface area contributed by atoms with E-state index >= 15 is 0 Å². The number of rotatable bonds is 5. The molecule has 0 aliphatic carbocycles. The van der Waals surface area contributed by atoms with Crippen molar-refractivity contribution in [3.8, 4) is 0 Å². The molecule has 0 aliphatic heterocycles. The van der Waals surface area contributed by atoms with Gasteiger partial charge in [-0.25, -0.2) is 0 Å². The second-order valence-electron chi connectivity index (χ2n) is 5.21. The van der Waals surface area contributed by atoms with E-state index in [4.69, 9.17) is 0 Å². The van der Waals surface area contributed by atoms with Crippen molar-refractivity contribution in [2.24, 2.45) is 0 Å². The molecule has 1 aromatic heterocycles. The van der Waals surface area contributed by atoms with Crippen molar-refractivity contribution in [2.75, 3.05) is 5.75 Å². The van der Waals surface area contributed by atoms with Crippen LogP contribution in [0.25, 0.3) is 0 Å². The van der Waals surface area contributed by atoms with E-state index in [-0.39, 0.29) is 0 Å². The Morgan fingerprint density at radius 1 is 0.913 bits per heavy atom. The fraction of sp³-hybridized carbons (Fsp3) is 0.105.